The molecule has 1 heterocycles. The summed E-state index contributed by atoms with van der Waals surface area (Å²) >= 11 is 11.9. The maximum absolute atomic E-state index is 10.4. The minimum atomic E-state index is -0.510. The van der Waals surface area contributed by atoms with E-state index in [1.807, 2.05) is 6.07 Å². The molecule has 1 aromatic carbocycles. The molecule has 5 heteroatoms. The molecule has 106 valence electrons. The van der Waals surface area contributed by atoms with Gasteiger partial charge in [-0.25, -0.2) is 0 Å². The summed E-state index contributed by atoms with van der Waals surface area (Å²) in [5.74, 6) is 0.162. The highest BCUT2D eigenvalue weighted by Crippen LogP contribution is 2.29. The standard InChI is InChI=1S/C14H20Cl2N2O/c1-10(9-18-6-4-17-5-7-18)14(19)11-2-3-12(15)13(16)8-11/h2-3,8,10,14,17,19H,4-7,9H2,1H3. The lowest BCUT2D eigenvalue weighted by Crippen LogP contribution is -2.45. The molecule has 0 aliphatic carbocycles. The molecule has 1 aliphatic rings. The second kappa shape index (κ2) is 6.91. The molecule has 2 atom stereocenters. The van der Waals surface area contributed by atoms with Crippen molar-refractivity contribution in [2.45, 2.75) is 13.0 Å². The number of rotatable bonds is 4. The minimum Gasteiger partial charge on any atom is -0.388 e. The highest BCUT2D eigenvalue weighted by molar-refractivity contribution is 6.42. The zero-order valence-corrected chi connectivity index (χ0v) is 12.6. The minimum absolute atomic E-state index is 0.162. The van der Waals surface area contributed by atoms with Crippen molar-refractivity contribution >= 4 is 23.2 Å². The predicted molar refractivity (Wildman–Crippen MR) is 79.9 cm³/mol. The Morgan fingerprint density at radius 3 is 2.58 bits per heavy atom. The van der Waals surface area contributed by atoms with Crippen LogP contribution in [0.5, 0.6) is 0 Å². The number of aliphatic hydroxyl groups excluding tert-OH is 1. The molecule has 19 heavy (non-hydrogen) atoms. The van der Waals surface area contributed by atoms with Crippen molar-refractivity contribution in [3.63, 3.8) is 0 Å². The Bertz CT molecular complexity index is 422. The van der Waals surface area contributed by atoms with Crippen LogP contribution >= 0.6 is 23.2 Å². The summed E-state index contributed by atoms with van der Waals surface area (Å²) in [6, 6.07) is 5.33. The molecule has 0 amide bonds. The molecule has 0 aromatic heterocycles. The van der Waals surface area contributed by atoms with Gasteiger partial charge in [-0.2, -0.15) is 0 Å². The summed E-state index contributed by atoms with van der Waals surface area (Å²) in [6.45, 7) is 7.08. The molecule has 0 bridgehead atoms. The zero-order chi connectivity index (χ0) is 13.8. The van der Waals surface area contributed by atoms with Gasteiger partial charge in [0.15, 0.2) is 0 Å². The number of nitrogens with one attached hydrogen (secondary N) is 1. The Kier molecular flexibility index (Phi) is 5.48. The van der Waals surface area contributed by atoms with E-state index >= 15 is 0 Å². The van der Waals surface area contributed by atoms with E-state index in [0.29, 0.717) is 10.0 Å². The molecule has 0 spiro atoms. The van der Waals surface area contributed by atoms with Gasteiger partial charge in [0, 0.05) is 32.7 Å². The van der Waals surface area contributed by atoms with E-state index in [4.69, 9.17) is 23.2 Å². The molecule has 1 saturated heterocycles. The first-order valence-electron chi connectivity index (χ1n) is 6.64. The topological polar surface area (TPSA) is 35.5 Å². The number of piperazine rings is 1. The van der Waals surface area contributed by atoms with Gasteiger partial charge in [-0.1, -0.05) is 36.2 Å². The Morgan fingerprint density at radius 2 is 1.95 bits per heavy atom. The van der Waals surface area contributed by atoms with Crippen molar-refractivity contribution in [1.29, 1.82) is 0 Å². The molecular weight excluding hydrogens is 283 g/mol. The molecule has 2 N–H and O–H groups in total. The number of aliphatic hydroxyl groups is 1. The maximum atomic E-state index is 10.4. The van der Waals surface area contributed by atoms with Crippen molar-refractivity contribution < 1.29 is 5.11 Å². The van der Waals surface area contributed by atoms with Crippen LogP contribution in [-0.2, 0) is 0 Å². The Balaban J connectivity index is 1.97. The lowest BCUT2D eigenvalue weighted by Gasteiger charge is -2.31. The fourth-order valence-electron chi connectivity index (χ4n) is 2.43. The molecule has 1 aliphatic heterocycles. The lowest BCUT2D eigenvalue weighted by atomic mass is 9.96. The van der Waals surface area contributed by atoms with Crippen molar-refractivity contribution in [3.8, 4) is 0 Å². The van der Waals surface area contributed by atoms with Gasteiger partial charge in [-0.3, -0.25) is 0 Å². The third-order valence-corrected chi connectivity index (χ3v) is 4.32. The second-order valence-electron chi connectivity index (χ2n) is 5.15. The highest BCUT2D eigenvalue weighted by atomic mass is 35.5. The van der Waals surface area contributed by atoms with E-state index < -0.39 is 6.10 Å². The highest BCUT2D eigenvalue weighted by Gasteiger charge is 2.21. The molecule has 2 unspecified atom stereocenters. The quantitative estimate of drug-likeness (QED) is 0.897. The number of hydrogen-bond acceptors (Lipinski definition) is 3. The predicted octanol–water partition coefficient (Wildman–Crippen LogP) is 2.57. The summed E-state index contributed by atoms with van der Waals surface area (Å²) < 4.78 is 0. The Hall–Kier alpha value is -0.320. The van der Waals surface area contributed by atoms with E-state index in [9.17, 15) is 5.11 Å². The number of halogens is 2. The first-order valence-corrected chi connectivity index (χ1v) is 7.39. The van der Waals surface area contributed by atoms with Gasteiger partial charge in [0.1, 0.15) is 0 Å². The van der Waals surface area contributed by atoms with E-state index in [2.05, 4.69) is 17.1 Å². The van der Waals surface area contributed by atoms with Crippen LogP contribution in [0, 0.1) is 5.92 Å². The summed E-state index contributed by atoms with van der Waals surface area (Å²) in [5.41, 5.74) is 0.831. The summed E-state index contributed by atoms with van der Waals surface area (Å²) in [6.07, 6.45) is -0.510. The van der Waals surface area contributed by atoms with Crippen LogP contribution in [-0.4, -0.2) is 42.7 Å². The molecular formula is C14H20Cl2N2O. The van der Waals surface area contributed by atoms with Crippen molar-refractivity contribution in [3.05, 3.63) is 33.8 Å². The number of benzene rings is 1. The fourth-order valence-corrected chi connectivity index (χ4v) is 2.73. The van der Waals surface area contributed by atoms with Gasteiger partial charge in [0.25, 0.3) is 0 Å². The van der Waals surface area contributed by atoms with Gasteiger partial charge in [-0.05, 0) is 23.6 Å². The third kappa shape index (κ3) is 4.07. The van der Waals surface area contributed by atoms with Gasteiger partial charge < -0.3 is 15.3 Å². The van der Waals surface area contributed by atoms with Gasteiger partial charge in [0.2, 0.25) is 0 Å². The molecule has 1 fully saturated rings. The van der Waals surface area contributed by atoms with Crippen LogP contribution in [0.3, 0.4) is 0 Å². The van der Waals surface area contributed by atoms with Gasteiger partial charge >= 0.3 is 0 Å². The van der Waals surface area contributed by atoms with Crippen LogP contribution in [0.25, 0.3) is 0 Å². The van der Waals surface area contributed by atoms with Crippen LogP contribution in [0.1, 0.15) is 18.6 Å². The first kappa shape index (κ1) is 15.1. The van der Waals surface area contributed by atoms with Crippen molar-refractivity contribution in [2.75, 3.05) is 32.7 Å². The van der Waals surface area contributed by atoms with E-state index in [1.165, 1.54) is 0 Å². The molecule has 0 radical (unpaired) electrons. The fraction of sp³-hybridized carbons (Fsp3) is 0.571. The van der Waals surface area contributed by atoms with E-state index in [0.717, 1.165) is 38.3 Å². The van der Waals surface area contributed by atoms with Crippen LogP contribution in [0.15, 0.2) is 18.2 Å². The van der Waals surface area contributed by atoms with E-state index in [-0.39, 0.29) is 5.92 Å². The SMILES string of the molecule is CC(CN1CCNCC1)C(O)c1ccc(Cl)c(Cl)c1. The first-order chi connectivity index (χ1) is 9.08. The Morgan fingerprint density at radius 1 is 1.26 bits per heavy atom. The second-order valence-corrected chi connectivity index (χ2v) is 5.96. The zero-order valence-electron chi connectivity index (χ0n) is 11.1. The normalized spacial score (nSPS) is 20.2. The number of hydrogen-bond donors (Lipinski definition) is 2. The largest absolute Gasteiger partial charge is 0.388 e. The molecule has 2 rings (SSSR count). The average molecular weight is 303 g/mol. The van der Waals surface area contributed by atoms with Crippen LogP contribution in [0.2, 0.25) is 10.0 Å². The molecule has 1 aromatic rings. The van der Waals surface area contributed by atoms with Crippen LogP contribution in [0.4, 0.5) is 0 Å². The smallest absolute Gasteiger partial charge is 0.0828 e. The summed E-state index contributed by atoms with van der Waals surface area (Å²) in [5, 5.41) is 14.7. The summed E-state index contributed by atoms with van der Waals surface area (Å²) in [4.78, 5) is 2.38. The van der Waals surface area contributed by atoms with Gasteiger partial charge in [-0.15, -0.1) is 0 Å². The molecule has 0 saturated carbocycles. The number of nitrogens with zero attached hydrogens (tertiary/aromatic N) is 1. The van der Waals surface area contributed by atoms with Crippen molar-refractivity contribution in [2.24, 2.45) is 5.92 Å². The third-order valence-electron chi connectivity index (χ3n) is 3.58. The average Bonchev–Trinajstić information content (AvgIpc) is 2.42. The van der Waals surface area contributed by atoms with Gasteiger partial charge in [0.05, 0.1) is 16.1 Å². The van der Waals surface area contributed by atoms with Crippen LogP contribution < -0.4 is 5.32 Å². The lowest BCUT2D eigenvalue weighted by molar-refractivity contribution is 0.0842. The molecule has 3 nitrogen and oxygen atoms in total. The van der Waals surface area contributed by atoms with E-state index in [1.54, 1.807) is 12.1 Å². The van der Waals surface area contributed by atoms with Crippen molar-refractivity contribution in [1.82, 2.24) is 10.2 Å². The maximum Gasteiger partial charge on any atom is 0.0828 e. The monoisotopic (exact) mass is 302 g/mol. The summed E-state index contributed by atoms with van der Waals surface area (Å²) in [7, 11) is 0. The Labute approximate surface area is 124 Å².